The second-order valence-corrected chi connectivity index (χ2v) is 7.56. The first kappa shape index (κ1) is 23.3. The largest absolute Gasteiger partial charge is 0.496 e. The summed E-state index contributed by atoms with van der Waals surface area (Å²) in [7, 11) is 1.52. The molecule has 0 fully saturated rings. The SMILES string of the molecule is COc1ccccc1C(=O)NC(C(=O)NCCCCOc1ccc(C)cc1)C(C)C. The van der Waals surface area contributed by atoms with Crippen molar-refractivity contribution in [3.8, 4) is 11.5 Å². The number of ether oxygens (including phenoxy) is 2. The molecule has 0 radical (unpaired) electrons. The van der Waals surface area contributed by atoms with Crippen LogP contribution in [0, 0.1) is 12.8 Å². The van der Waals surface area contributed by atoms with Gasteiger partial charge in [-0.25, -0.2) is 0 Å². The fourth-order valence-corrected chi connectivity index (χ4v) is 2.96. The van der Waals surface area contributed by atoms with Gasteiger partial charge >= 0.3 is 0 Å². The number of methoxy groups -OCH3 is 1. The van der Waals surface area contributed by atoms with Crippen LogP contribution in [0.5, 0.6) is 11.5 Å². The van der Waals surface area contributed by atoms with Crippen LogP contribution in [0.2, 0.25) is 0 Å². The molecule has 2 amide bonds. The number of hydrogen-bond acceptors (Lipinski definition) is 4. The van der Waals surface area contributed by atoms with Crippen LogP contribution < -0.4 is 20.1 Å². The minimum atomic E-state index is -0.619. The molecule has 0 aliphatic carbocycles. The van der Waals surface area contributed by atoms with Crippen LogP contribution in [-0.2, 0) is 4.79 Å². The molecule has 1 unspecified atom stereocenters. The number of aryl methyl sites for hydroxylation is 1. The monoisotopic (exact) mass is 412 g/mol. The fraction of sp³-hybridized carbons (Fsp3) is 0.417. The number of unbranched alkanes of at least 4 members (excludes halogenated alkanes) is 1. The summed E-state index contributed by atoms with van der Waals surface area (Å²) in [4.78, 5) is 25.2. The first-order valence-electron chi connectivity index (χ1n) is 10.3. The van der Waals surface area contributed by atoms with E-state index >= 15 is 0 Å². The van der Waals surface area contributed by atoms with Crippen molar-refractivity contribution in [3.63, 3.8) is 0 Å². The number of nitrogens with one attached hydrogen (secondary N) is 2. The third-order valence-electron chi connectivity index (χ3n) is 4.75. The standard InChI is InChI=1S/C24H32N2O4/c1-17(2)22(26-23(27)20-9-5-6-10-21(20)29-4)24(28)25-15-7-8-16-30-19-13-11-18(3)12-14-19/h5-6,9-14,17,22H,7-8,15-16H2,1-4H3,(H,25,28)(H,26,27). The molecule has 2 N–H and O–H groups in total. The third-order valence-corrected chi connectivity index (χ3v) is 4.75. The van der Waals surface area contributed by atoms with Crippen molar-refractivity contribution < 1.29 is 19.1 Å². The van der Waals surface area contributed by atoms with Crippen LogP contribution >= 0.6 is 0 Å². The summed E-state index contributed by atoms with van der Waals surface area (Å²) in [5.41, 5.74) is 1.61. The van der Waals surface area contributed by atoms with E-state index in [1.807, 2.05) is 45.0 Å². The number of rotatable bonds is 11. The summed E-state index contributed by atoms with van der Waals surface area (Å²) in [5.74, 6) is 0.768. The van der Waals surface area contributed by atoms with Crippen LogP contribution in [0.3, 0.4) is 0 Å². The van der Waals surface area contributed by atoms with Gasteiger partial charge in [0.25, 0.3) is 5.91 Å². The Bertz CT molecular complexity index is 818. The maximum absolute atomic E-state index is 12.6. The average molecular weight is 413 g/mol. The van der Waals surface area contributed by atoms with E-state index in [1.54, 1.807) is 24.3 Å². The van der Waals surface area contributed by atoms with Crippen LogP contribution in [-0.4, -0.2) is 38.1 Å². The normalized spacial score (nSPS) is 11.6. The highest BCUT2D eigenvalue weighted by atomic mass is 16.5. The molecule has 6 heteroatoms. The van der Waals surface area contributed by atoms with Crippen molar-refractivity contribution in [2.24, 2.45) is 5.92 Å². The molecule has 30 heavy (non-hydrogen) atoms. The van der Waals surface area contributed by atoms with Crippen LogP contribution in [0.4, 0.5) is 0 Å². The maximum Gasteiger partial charge on any atom is 0.255 e. The molecule has 0 saturated heterocycles. The van der Waals surface area contributed by atoms with E-state index < -0.39 is 6.04 Å². The molecule has 0 heterocycles. The third kappa shape index (κ3) is 7.10. The molecular weight excluding hydrogens is 380 g/mol. The van der Waals surface area contributed by atoms with E-state index in [4.69, 9.17) is 9.47 Å². The Labute approximate surface area is 179 Å². The van der Waals surface area contributed by atoms with Crippen LogP contribution in [0.25, 0.3) is 0 Å². The predicted molar refractivity (Wildman–Crippen MR) is 118 cm³/mol. The number of carbonyl (C=O) groups is 2. The van der Waals surface area contributed by atoms with E-state index in [-0.39, 0.29) is 17.7 Å². The second-order valence-electron chi connectivity index (χ2n) is 7.56. The van der Waals surface area contributed by atoms with Gasteiger partial charge in [-0.3, -0.25) is 9.59 Å². The lowest BCUT2D eigenvalue weighted by Gasteiger charge is -2.22. The zero-order valence-electron chi connectivity index (χ0n) is 18.2. The Morgan fingerprint density at radius 1 is 1.00 bits per heavy atom. The summed E-state index contributed by atoms with van der Waals surface area (Å²) in [6.07, 6.45) is 1.62. The van der Waals surface area contributed by atoms with Crippen LogP contribution in [0.1, 0.15) is 42.6 Å². The Morgan fingerprint density at radius 2 is 1.70 bits per heavy atom. The molecule has 0 saturated carbocycles. The molecule has 0 aliphatic rings. The van der Waals surface area contributed by atoms with Crippen molar-refractivity contribution in [1.82, 2.24) is 10.6 Å². The number of para-hydroxylation sites is 1. The molecule has 0 spiro atoms. The van der Waals surface area contributed by atoms with Gasteiger partial charge in [0.2, 0.25) is 5.91 Å². The zero-order chi connectivity index (χ0) is 21.9. The van der Waals surface area contributed by atoms with E-state index in [9.17, 15) is 9.59 Å². The lowest BCUT2D eigenvalue weighted by atomic mass is 10.0. The predicted octanol–water partition coefficient (Wildman–Crippen LogP) is 3.73. The maximum atomic E-state index is 12.6. The smallest absolute Gasteiger partial charge is 0.255 e. The molecular formula is C24H32N2O4. The Kier molecular flexibility index (Phi) is 9.19. The quantitative estimate of drug-likeness (QED) is 0.552. The lowest BCUT2D eigenvalue weighted by Crippen LogP contribution is -2.49. The molecule has 6 nitrogen and oxygen atoms in total. The Morgan fingerprint density at radius 3 is 2.37 bits per heavy atom. The van der Waals surface area contributed by atoms with Crippen LogP contribution in [0.15, 0.2) is 48.5 Å². The summed E-state index contributed by atoms with van der Waals surface area (Å²) in [6, 6.07) is 14.3. The van der Waals surface area contributed by atoms with Crippen molar-refractivity contribution in [3.05, 3.63) is 59.7 Å². The fourth-order valence-electron chi connectivity index (χ4n) is 2.96. The molecule has 2 aromatic rings. The van der Waals surface area contributed by atoms with Gasteiger partial charge in [-0.05, 0) is 49.9 Å². The lowest BCUT2D eigenvalue weighted by molar-refractivity contribution is -0.123. The molecule has 162 valence electrons. The zero-order valence-corrected chi connectivity index (χ0v) is 18.2. The van der Waals surface area contributed by atoms with Crippen molar-refractivity contribution >= 4 is 11.8 Å². The van der Waals surface area contributed by atoms with Gasteiger partial charge in [0.05, 0.1) is 19.3 Å². The molecule has 2 rings (SSSR count). The van der Waals surface area contributed by atoms with Gasteiger partial charge in [-0.15, -0.1) is 0 Å². The first-order valence-corrected chi connectivity index (χ1v) is 10.3. The van der Waals surface area contributed by atoms with E-state index in [0.717, 1.165) is 18.6 Å². The summed E-state index contributed by atoms with van der Waals surface area (Å²) in [6.45, 7) is 6.97. The summed E-state index contributed by atoms with van der Waals surface area (Å²) in [5, 5.41) is 5.74. The van der Waals surface area contributed by atoms with Gasteiger partial charge in [0.1, 0.15) is 17.5 Å². The minimum Gasteiger partial charge on any atom is -0.496 e. The van der Waals surface area contributed by atoms with Crippen molar-refractivity contribution in [2.75, 3.05) is 20.3 Å². The average Bonchev–Trinajstić information content (AvgIpc) is 2.75. The number of carbonyl (C=O) groups excluding carboxylic acids is 2. The van der Waals surface area contributed by atoms with Gasteiger partial charge in [0, 0.05) is 6.54 Å². The minimum absolute atomic E-state index is 0.0477. The highest BCUT2D eigenvalue weighted by Crippen LogP contribution is 2.17. The second kappa shape index (κ2) is 11.9. The van der Waals surface area contributed by atoms with E-state index in [1.165, 1.54) is 12.7 Å². The number of amides is 2. The molecule has 0 aliphatic heterocycles. The highest BCUT2D eigenvalue weighted by molar-refractivity contribution is 5.99. The Hall–Kier alpha value is -3.02. The molecule has 0 aromatic heterocycles. The highest BCUT2D eigenvalue weighted by Gasteiger charge is 2.25. The van der Waals surface area contributed by atoms with E-state index in [2.05, 4.69) is 10.6 Å². The summed E-state index contributed by atoms with van der Waals surface area (Å²) >= 11 is 0. The van der Waals surface area contributed by atoms with Crippen molar-refractivity contribution in [1.29, 1.82) is 0 Å². The molecule has 1 atom stereocenters. The molecule has 2 aromatic carbocycles. The van der Waals surface area contributed by atoms with Gasteiger partial charge in [-0.1, -0.05) is 43.7 Å². The molecule has 0 bridgehead atoms. The summed E-state index contributed by atoms with van der Waals surface area (Å²) < 4.78 is 10.9. The van der Waals surface area contributed by atoms with Gasteiger partial charge in [-0.2, -0.15) is 0 Å². The van der Waals surface area contributed by atoms with Crippen molar-refractivity contribution in [2.45, 2.75) is 39.7 Å². The number of hydrogen-bond donors (Lipinski definition) is 2. The topological polar surface area (TPSA) is 76.7 Å². The van der Waals surface area contributed by atoms with E-state index in [0.29, 0.717) is 24.5 Å². The Balaban J connectivity index is 1.76. The van der Waals surface area contributed by atoms with Gasteiger partial charge in [0.15, 0.2) is 0 Å². The number of benzene rings is 2. The van der Waals surface area contributed by atoms with Gasteiger partial charge < -0.3 is 20.1 Å². The first-order chi connectivity index (χ1) is 14.4.